The van der Waals surface area contributed by atoms with Crippen LogP contribution < -0.4 is 10.1 Å². The van der Waals surface area contributed by atoms with Crippen molar-refractivity contribution in [3.8, 4) is 5.75 Å². The fourth-order valence-corrected chi connectivity index (χ4v) is 2.04. The fraction of sp³-hybridized carbons (Fsp3) is 0.133. The Balaban J connectivity index is 2.21. The molecule has 2 aromatic rings. The summed E-state index contributed by atoms with van der Waals surface area (Å²) in [5.41, 5.74) is 2.07. The first-order valence-corrected chi connectivity index (χ1v) is 6.68. The van der Waals surface area contributed by atoms with Gasteiger partial charge in [-0.3, -0.25) is 4.79 Å². The molecule has 0 heterocycles. The molecule has 0 radical (unpaired) electrons. The summed E-state index contributed by atoms with van der Waals surface area (Å²) in [6, 6.07) is 10.2. The highest BCUT2D eigenvalue weighted by molar-refractivity contribution is 6.42. The van der Waals surface area contributed by atoms with Crippen molar-refractivity contribution in [2.45, 2.75) is 6.92 Å². The minimum atomic E-state index is -0.235. The zero-order valence-electron chi connectivity index (χ0n) is 11.0. The molecular formula is C15H13Cl2NO2. The molecule has 0 bridgehead atoms. The molecule has 0 aromatic heterocycles. The lowest BCUT2D eigenvalue weighted by atomic mass is 10.1. The zero-order chi connectivity index (χ0) is 14.7. The Kier molecular flexibility index (Phi) is 4.53. The number of carbonyl (C=O) groups excluding carboxylic acids is 1. The predicted octanol–water partition coefficient (Wildman–Crippen LogP) is 4.56. The van der Waals surface area contributed by atoms with Gasteiger partial charge in [0.25, 0.3) is 5.91 Å². The van der Waals surface area contributed by atoms with E-state index in [1.165, 1.54) is 0 Å². The lowest BCUT2D eigenvalue weighted by molar-refractivity contribution is 0.102. The third kappa shape index (κ3) is 3.24. The van der Waals surface area contributed by atoms with E-state index in [2.05, 4.69) is 5.32 Å². The number of anilines is 1. The van der Waals surface area contributed by atoms with E-state index in [1.54, 1.807) is 37.4 Å². The van der Waals surface area contributed by atoms with Gasteiger partial charge in [-0.05, 0) is 42.8 Å². The second-order valence-electron chi connectivity index (χ2n) is 4.27. The molecule has 0 atom stereocenters. The Morgan fingerprint density at radius 3 is 2.50 bits per heavy atom. The highest BCUT2D eigenvalue weighted by Crippen LogP contribution is 2.26. The number of aryl methyl sites for hydroxylation is 1. The van der Waals surface area contributed by atoms with Gasteiger partial charge in [-0.1, -0.05) is 29.3 Å². The van der Waals surface area contributed by atoms with Crippen LogP contribution in [0, 0.1) is 6.92 Å². The molecule has 2 rings (SSSR count). The number of carbonyl (C=O) groups is 1. The van der Waals surface area contributed by atoms with E-state index in [-0.39, 0.29) is 5.91 Å². The van der Waals surface area contributed by atoms with Crippen LogP contribution in [0.3, 0.4) is 0 Å². The summed E-state index contributed by atoms with van der Waals surface area (Å²) in [5.74, 6) is 0.438. The zero-order valence-corrected chi connectivity index (χ0v) is 12.5. The molecule has 0 spiro atoms. The fourth-order valence-electron chi connectivity index (χ4n) is 1.74. The van der Waals surface area contributed by atoms with Gasteiger partial charge in [0, 0.05) is 11.3 Å². The maximum atomic E-state index is 12.1. The summed E-state index contributed by atoms with van der Waals surface area (Å²) in [4.78, 5) is 12.1. The standard InChI is InChI=1S/C15H13Cl2NO2/c1-9-3-4-10(7-14(9)20-2)15(19)18-11-5-6-12(16)13(17)8-11/h3-8H,1-2H3,(H,18,19). The van der Waals surface area contributed by atoms with Crippen molar-refractivity contribution >= 4 is 34.8 Å². The summed E-state index contributed by atoms with van der Waals surface area (Å²) < 4.78 is 5.20. The molecular weight excluding hydrogens is 297 g/mol. The Morgan fingerprint density at radius 2 is 1.85 bits per heavy atom. The van der Waals surface area contributed by atoms with Crippen molar-refractivity contribution in [2.24, 2.45) is 0 Å². The first-order valence-electron chi connectivity index (χ1n) is 5.92. The quantitative estimate of drug-likeness (QED) is 0.902. The molecule has 0 aliphatic carbocycles. The van der Waals surface area contributed by atoms with Crippen LogP contribution in [-0.2, 0) is 0 Å². The van der Waals surface area contributed by atoms with Crippen LogP contribution in [0.15, 0.2) is 36.4 Å². The lowest BCUT2D eigenvalue weighted by Gasteiger charge is -2.09. The first-order chi connectivity index (χ1) is 9.51. The van der Waals surface area contributed by atoms with E-state index in [4.69, 9.17) is 27.9 Å². The highest BCUT2D eigenvalue weighted by Gasteiger charge is 2.09. The van der Waals surface area contributed by atoms with E-state index < -0.39 is 0 Å². The SMILES string of the molecule is COc1cc(C(=O)Nc2ccc(Cl)c(Cl)c2)ccc1C. The Morgan fingerprint density at radius 1 is 1.10 bits per heavy atom. The van der Waals surface area contributed by atoms with Crippen molar-refractivity contribution in [3.63, 3.8) is 0 Å². The van der Waals surface area contributed by atoms with Crippen molar-refractivity contribution < 1.29 is 9.53 Å². The van der Waals surface area contributed by atoms with E-state index in [9.17, 15) is 4.79 Å². The van der Waals surface area contributed by atoms with E-state index in [0.717, 1.165) is 5.56 Å². The largest absolute Gasteiger partial charge is 0.496 e. The third-order valence-corrected chi connectivity index (χ3v) is 3.59. The molecule has 104 valence electrons. The number of methoxy groups -OCH3 is 1. The molecule has 1 N–H and O–H groups in total. The van der Waals surface area contributed by atoms with Gasteiger partial charge < -0.3 is 10.1 Å². The molecule has 0 fully saturated rings. The second-order valence-corrected chi connectivity index (χ2v) is 5.08. The van der Waals surface area contributed by atoms with Gasteiger partial charge in [0.2, 0.25) is 0 Å². The Bertz CT molecular complexity index is 656. The second kappa shape index (κ2) is 6.16. The van der Waals surface area contributed by atoms with E-state index in [0.29, 0.717) is 27.0 Å². The summed E-state index contributed by atoms with van der Waals surface area (Å²) in [5, 5.41) is 3.60. The van der Waals surface area contributed by atoms with Crippen LogP contribution in [0.2, 0.25) is 10.0 Å². The number of rotatable bonds is 3. The molecule has 20 heavy (non-hydrogen) atoms. The van der Waals surface area contributed by atoms with E-state index in [1.807, 2.05) is 13.0 Å². The minimum Gasteiger partial charge on any atom is -0.496 e. The van der Waals surface area contributed by atoms with E-state index >= 15 is 0 Å². The third-order valence-electron chi connectivity index (χ3n) is 2.85. The monoisotopic (exact) mass is 309 g/mol. The summed E-state index contributed by atoms with van der Waals surface area (Å²) >= 11 is 11.7. The van der Waals surface area contributed by atoms with Gasteiger partial charge in [0.05, 0.1) is 17.2 Å². The van der Waals surface area contributed by atoms with Crippen molar-refractivity contribution in [2.75, 3.05) is 12.4 Å². The van der Waals surface area contributed by atoms with Gasteiger partial charge in [0.15, 0.2) is 0 Å². The van der Waals surface area contributed by atoms with Gasteiger partial charge in [-0.2, -0.15) is 0 Å². The Labute approximate surface area is 127 Å². The van der Waals surface area contributed by atoms with Crippen LogP contribution in [-0.4, -0.2) is 13.0 Å². The summed E-state index contributed by atoms with van der Waals surface area (Å²) in [6.45, 7) is 1.92. The minimum absolute atomic E-state index is 0.235. The molecule has 0 saturated heterocycles. The number of hydrogen-bond donors (Lipinski definition) is 1. The highest BCUT2D eigenvalue weighted by atomic mass is 35.5. The number of ether oxygens (including phenoxy) is 1. The number of hydrogen-bond acceptors (Lipinski definition) is 2. The molecule has 5 heteroatoms. The molecule has 0 unspecified atom stereocenters. The van der Waals surface area contributed by atoms with Crippen LogP contribution in [0.5, 0.6) is 5.75 Å². The predicted molar refractivity (Wildman–Crippen MR) is 82.1 cm³/mol. The molecule has 0 aliphatic heterocycles. The lowest BCUT2D eigenvalue weighted by Crippen LogP contribution is -2.12. The van der Waals surface area contributed by atoms with Crippen LogP contribution >= 0.6 is 23.2 Å². The maximum Gasteiger partial charge on any atom is 0.255 e. The number of halogens is 2. The smallest absolute Gasteiger partial charge is 0.255 e. The molecule has 1 amide bonds. The van der Waals surface area contributed by atoms with Crippen LogP contribution in [0.4, 0.5) is 5.69 Å². The number of benzene rings is 2. The average molecular weight is 310 g/mol. The van der Waals surface area contributed by atoms with Gasteiger partial charge in [-0.25, -0.2) is 0 Å². The summed E-state index contributed by atoms with van der Waals surface area (Å²) in [7, 11) is 1.57. The van der Waals surface area contributed by atoms with Crippen molar-refractivity contribution in [1.29, 1.82) is 0 Å². The normalized spacial score (nSPS) is 10.2. The van der Waals surface area contributed by atoms with Crippen molar-refractivity contribution in [3.05, 3.63) is 57.6 Å². The molecule has 0 aliphatic rings. The first kappa shape index (κ1) is 14.7. The Hall–Kier alpha value is -1.71. The molecule has 0 saturated carbocycles. The van der Waals surface area contributed by atoms with Gasteiger partial charge in [0.1, 0.15) is 5.75 Å². The van der Waals surface area contributed by atoms with Gasteiger partial charge >= 0.3 is 0 Å². The summed E-state index contributed by atoms with van der Waals surface area (Å²) in [6.07, 6.45) is 0. The molecule has 2 aromatic carbocycles. The topological polar surface area (TPSA) is 38.3 Å². The van der Waals surface area contributed by atoms with Crippen molar-refractivity contribution in [1.82, 2.24) is 0 Å². The molecule has 3 nitrogen and oxygen atoms in total. The van der Waals surface area contributed by atoms with Crippen LogP contribution in [0.25, 0.3) is 0 Å². The number of amides is 1. The number of nitrogens with one attached hydrogen (secondary N) is 1. The van der Waals surface area contributed by atoms with Crippen LogP contribution in [0.1, 0.15) is 15.9 Å². The average Bonchev–Trinajstić information content (AvgIpc) is 2.43. The van der Waals surface area contributed by atoms with Gasteiger partial charge in [-0.15, -0.1) is 0 Å². The maximum absolute atomic E-state index is 12.1.